The van der Waals surface area contributed by atoms with Crippen molar-refractivity contribution in [2.45, 2.75) is 19.8 Å². The molecule has 0 heterocycles. The maximum Gasteiger partial charge on any atom is 0.223 e. The molecule has 0 saturated heterocycles. The first-order valence-corrected chi connectivity index (χ1v) is 4.91. The number of carbonyl (C=O) groups excluding carboxylic acids is 1. The highest BCUT2D eigenvalue weighted by Crippen LogP contribution is 1.95. The van der Waals surface area contributed by atoms with Crippen LogP contribution < -0.4 is 0 Å². The lowest BCUT2D eigenvalue weighted by molar-refractivity contribution is -0.129. The molecule has 0 atom stereocenters. The Labute approximate surface area is 86.1 Å². The number of amides is 1. The Hall–Kier alpha value is -1.08. The molecule has 1 amide bonds. The van der Waals surface area contributed by atoms with Crippen LogP contribution in [0.25, 0.3) is 0 Å². The van der Waals surface area contributed by atoms with Crippen LogP contribution in [0.2, 0.25) is 0 Å². The van der Waals surface area contributed by atoms with Crippen LogP contribution in [0.1, 0.15) is 19.8 Å². The van der Waals surface area contributed by atoms with E-state index in [1.165, 1.54) is 0 Å². The third-order valence-corrected chi connectivity index (χ3v) is 1.97. The smallest absolute Gasteiger partial charge is 0.223 e. The summed E-state index contributed by atoms with van der Waals surface area (Å²) in [6.45, 7) is 4.04. The Bertz CT molecular complexity index is 208. The quantitative estimate of drug-likeness (QED) is 0.589. The molecule has 4 heteroatoms. The first-order valence-electron chi connectivity index (χ1n) is 4.91. The van der Waals surface area contributed by atoms with Crippen LogP contribution in [0.3, 0.4) is 0 Å². The summed E-state index contributed by atoms with van der Waals surface area (Å²) in [6.07, 6.45) is 1.51. The Morgan fingerprint density at radius 1 is 1.36 bits per heavy atom. The normalized spacial score (nSPS) is 9.93. The zero-order valence-corrected chi connectivity index (χ0v) is 9.29. The van der Waals surface area contributed by atoms with Crippen molar-refractivity contribution in [1.82, 2.24) is 9.80 Å². The zero-order chi connectivity index (χ0) is 11.0. The third-order valence-electron chi connectivity index (χ3n) is 1.97. The summed E-state index contributed by atoms with van der Waals surface area (Å²) >= 11 is 0. The first-order chi connectivity index (χ1) is 6.61. The fraction of sp³-hybridized carbons (Fsp3) is 0.800. The molecular weight excluding hydrogens is 178 g/mol. The molecule has 0 rings (SSSR count). The molecule has 0 aromatic heterocycles. The maximum atomic E-state index is 11.3. The van der Waals surface area contributed by atoms with Gasteiger partial charge in [-0.2, -0.15) is 5.26 Å². The molecule has 0 bridgehead atoms. The molecule has 0 aliphatic rings. The summed E-state index contributed by atoms with van der Waals surface area (Å²) in [6, 6.07) is 2.11. The van der Waals surface area contributed by atoms with Gasteiger partial charge in [-0.15, -0.1) is 0 Å². The van der Waals surface area contributed by atoms with E-state index in [9.17, 15) is 4.79 Å². The molecule has 0 aliphatic heterocycles. The average molecular weight is 197 g/mol. The standard InChI is InChI=1S/C10H19N3O/c1-4-7-13(9-6-11)8-5-10(14)12(2)3/h4-5,7-9H2,1-3H3. The Morgan fingerprint density at radius 2 is 2.00 bits per heavy atom. The van der Waals surface area contributed by atoms with Gasteiger partial charge >= 0.3 is 0 Å². The van der Waals surface area contributed by atoms with E-state index in [-0.39, 0.29) is 5.91 Å². The molecule has 0 aromatic rings. The minimum Gasteiger partial charge on any atom is -0.349 e. The summed E-state index contributed by atoms with van der Waals surface area (Å²) in [7, 11) is 3.49. The SMILES string of the molecule is CCCN(CC#N)CCC(=O)N(C)C. The lowest BCUT2D eigenvalue weighted by atomic mass is 10.3. The van der Waals surface area contributed by atoms with Crippen LogP contribution >= 0.6 is 0 Å². The molecule has 80 valence electrons. The van der Waals surface area contributed by atoms with Gasteiger partial charge in [0.05, 0.1) is 12.6 Å². The molecule has 0 N–H and O–H groups in total. The lowest BCUT2D eigenvalue weighted by Gasteiger charge is -2.18. The van der Waals surface area contributed by atoms with E-state index in [2.05, 4.69) is 13.0 Å². The van der Waals surface area contributed by atoms with Crippen molar-refractivity contribution >= 4 is 5.91 Å². The summed E-state index contributed by atoms with van der Waals surface area (Å²) in [5.74, 6) is 0.115. The van der Waals surface area contributed by atoms with Crippen LogP contribution in [0.5, 0.6) is 0 Å². The lowest BCUT2D eigenvalue weighted by Crippen LogP contribution is -2.31. The molecule has 0 aliphatic carbocycles. The zero-order valence-electron chi connectivity index (χ0n) is 9.29. The molecule has 0 unspecified atom stereocenters. The van der Waals surface area contributed by atoms with Crippen molar-refractivity contribution in [3.8, 4) is 6.07 Å². The second-order valence-electron chi connectivity index (χ2n) is 3.47. The van der Waals surface area contributed by atoms with Gasteiger partial charge in [0.2, 0.25) is 5.91 Å². The van der Waals surface area contributed by atoms with Gasteiger partial charge in [0.15, 0.2) is 0 Å². The minimum atomic E-state index is 0.115. The van der Waals surface area contributed by atoms with E-state index in [0.29, 0.717) is 19.5 Å². The van der Waals surface area contributed by atoms with Crippen LogP contribution in [-0.2, 0) is 4.79 Å². The van der Waals surface area contributed by atoms with Gasteiger partial charge in [0.1, 0.15) is 0 Å². The highest BCUT2D eigenvalue weighted by molar-refractivity contribution is 5.75. The van der Waals surface area contributed by atoms with Crippen LogP contribution in [0, 0.1) is 11.3 Å². The number of nitriles is 1. The molecule has 14 heavy (non-hydrogen) atoms. The number of hydrogen-bond acceptors (Lipinski definition) is 3. The van der Waals surface area contributed by atoms with Crippen LogP contribution in [-0.4, -0.2) is 49.4 Å². The maximum absolute atomic E-state index is 11.3. The van der Waals surface area contributed by atoms with Gasteiger partial charge in [-0.05, 0) is 13.0 Å². The monoisotopic (exact) mass is 197 g/mol. The fourth-order valence-electron chi connectivity index (χ4n) is 1.16. The van der Waals surface area contributed by atoms with Crippen LogP contribution in [0.15, 0.2) is 0 Å². The predicted molar refractivity (Wildman–Crippen MR) is 55.7 cm³/mol. The highest BCUT2D eigenvalue weighted by atomic mass is 16.2. The van der Waals surface area contributed by atoms with Crippen molar-refractivity contribution in [1.29, 1.82) is 5.26 Å². The fourth-order valence-corrected chi connectivity index (χ4v) is 1.16. The summed E-state index contributed by atoms with van der Waals surface area (Å²) in [5, 5.41) is 8.55. The van der Waals surface area contributed by atoms with Gasteiger partial charge in [-0.1, -0.05) is 6.92 Å². The van der Waals surface area contributed by atoms with E-state index in [4.69, 9.17) is 5.26 Å². The molecule has 0 fully saturated rings. The molecule has 0 radical (unpaired) electrons. The van der Waals surface area contributed by atoms with Gasteiger partial charge < -0.3 is 4.90 Å². The summed E-state index contributed by atoms with van der Waals surface area (Å²) in [5.41, 5.74) is 0. The summed E-state index contributed by atoms with van der Waals surface area (Å²) < 4.78 is 0. The number of nitrogens with zero attached hydrogens (tertiary/aromatic N) is 3. The Kier molecular flexibility index (Phi) is 6.77. The van der Waals surface area contributed by atoms with E-state index >= 15 is 0 Å². The molecule has 0 spiro atoms. The first kappa shape index (κ1) is 12.9. The van der Waals surface area contributed by atoms with E-state index in [1.807, 2.05) is 4.90 Å². The van der Waals surface area contributed by atoms with Crippen molar-refractivity contribution in [2.24, 2.45) is 0 Å². The van der Waals surface area contributed by atoms with Crippen molar-refractivity contribution < 1.29 is 4.79 Å². The number of hydrogen-bond donors (Lipinski definition) is 0. The van der Waals surface area contributed by atoms with Gasteiger partial charge in [-0.3, -0.25) is 9.69 Å². The Balaban J connectivity index is 3.82. The largest absolute Gasteiger partial charge is 0.349 e. The number of carbonyl (C=O) groups is 1. The average Bonchev–Trinajstić information content (AvgIpc) is 2.14. The molecule has 0 aromatic carbocycles. The molecule has 0 saturated carbocycles. The summed E-state index contributed by atoms with van der Waals surface area (Å²) in [4.78, 5) is 14.9. The Morgan fingerprint density at radius 3 is 2.43 bits per heavy atom. The second kappa shape index (κ2) is 7.34. The predicted octanol–water partition coefficient (Wildman–Crippen LogP) is 0.700. The van der Waals surface area contributed by atoms with E-state index < -0.39 is 0 Å². The van der Waals surface area contributed by atoms with Gasteiger partial charge in [-0.25, -0.2) is 0 Å². The second-order valence-corrected chi connectivity index (χ2v) is 3.47. The van der Waals surface area contributed by atoms with Crippen LogP contribution in [0.4, 0.5) is 0 Å². The van der Waals surface area contributed by atoms with Crippen molar-refractivity contribution in [3.05, 3.63) is 0 Å². The van der Waals surface area contributed by atoms with Crippen molar-refractivity contribution in [2.75, 3.05) is 33.7 Å². The molecule has 4 nitrogen and oxygen atoms in total. The topological polar surface area (TPSA) is 47.3 Å². The van der Waals surface area contributed by atoms with Gasteiger partial charge in [0.25, 0.3) is 0 Å². The van der Waals surface area contributed by atoms with Gasteiger partial charge in [0, 0.05) is 27.1 Å². The van der Waals surface area contributed by atoms with E-state index in [0.717, 1.165) is 13.0 Å². The highest BCUT2D eigenvalue weighted by Gasteiger charge is 2.08. The number of rotatable bonds is 6. The third kappa shape index (κ3) is 5.55. The van der Waals surface area contributed by atoms with Crippen molar-refractivity contribution in [3.63, 3.8) is 0 Å². The molecular formula is C10H19N3O. The van der Waals surface area contributed by atoms with E-state index in [1.54, 1.807) is 19.0 Å². The minimum absolute atomic E-state index is 0.115.